The maximum atomic E-state index is 12.6. The number of aromatic nitrogens is 4. The van der Waals surface area contributed by atoms with Crippen LogP contribution in [-0.2, 0) is 17.8 Å². The molecule has 2 aromatic heterocycles. The molecule has 1 aliphatic heterocycles. The molecule has 0 aromatic carbocycles. The van der Waals surface area contributed by atoms with E-state index >= 15 is 0 Å². The van der Waals surface area contributed by atoms with Crippen molar-refractivity contribution in [3.05, 3.63) is 35.5 Å². The van der Waals surface area contributed by atoms with Gasteiger partial charge in [0, 0.05) is 31.4 Å². The number of hydrogen-bond donors (Lipinski definition) is 1. The average Bonchev–Trinajstić information content (AvgIpc) is 3.01. The van der Waals surface area contributed by atoms with Crippen molar-refractivity contribution in [2.45, 2.75) is 52.7 Å². The number of anilines is 1. The maximum Gasteiger partial charge on any atom is 0.242 e. The summed E-state index contributed by atoms with van der Waals surface area (Å²) >= 11 is 0. The highest BCUT2D eigenvalue weighted by Crippen LogP contribution is 2.20. The van der Waals surface area contributed by atoms with Gasteiger partial charge in [-0.3, -0.25) is 9.69 Å². The Labute approximate surface area is 142 Å². The van der Waals surface area contributed by atoms with E-state index in [0.29, 0.717) is 6.54 Å². The molecule has 0 bridgehead atoms. The molecule has 0 radical (unpaired) electrons. The van der Waals surface area contributed by atoms with E-state index in [2.05, 4.69) is 25.3 Å². The van der Waals surface area contributed by atoms with Crippen LogP contribution < -0.4 is 5.32 Å². The number of aryl methyl sites for hydroxylation is 1. The van der Waals surface area contributed by atoms with E-state index in [1.54, 1.807) is 6.20 Å². The van der Waals surface area contributed by atoms with Crippen LogP contribution in [0, 0.1) is 6.92 Å². The van der Waals surface area contributed by atoms with E-state index in [-0.39, 0.29) is 18.0 Å². The molecule has 24 heavy (non-hydrogen) atoms. The molecular weight excluding hydrogens is 304 g/mol. The van der Waals surface area contributed by atoms with Crippen LogP contribution in [0.4, 0.5) is 5.82 Å². The first-order valence-electron chi connectivity index (χ1n) is 8.35. The van der Waals surface area contributed by atoms with Crippen LogP contribution in [0.15, 0.2) is 18.5 Å². The summed E-state index contributed by atoms with van der Waals surface area (Å²) in [6.45, 7) is 9.41. The second kappa shape index (κ2) is 6.68. The first kappa shape index (κ1) is 16.6. The summed E-state index contributed by atoms with van der Waals surface area (Å²) in [6, 6.07) is 1.79. The van der Waals surface area contributed by atoms with E-state index in [1.165, 1.54) is 5.56 Å². The van der Waals surface area contributed by atoms with Gasteiger partial charge in [-0.2, -0.15) is 5.10 Å². The monoisotopic (exact) mass is 328 g/mol. The van der Waals surface area contributed by atoms with Gasteiger partial charge in [0.2, 0.25) is 5.91 Å². The molecule has 0 aliphatic carbocycles. The minimum atomic E-state index is -0.232. The SMILES string of the molecule is Cc1ncc2c(n1)CN([C@H](C)C(=O)Nc1ccnn1C(C)C)CC2. The number of rotatable bonds is 4. The second-order valence-corrected chi connectivity index (χ2v) is 6.53. The van der Waals surface area contributed by atoms with E-state index in [9.17, 15) is 4.79 Å². The molecule has 2 aromatic rings. The Balaban J connectivity index is 1.69. The first-order valence-corrected chi connectivity index (χ1v) is 8.35. The molecule has 0 unspecified atom stereocenters. The van der Waals surface area contributed by atoms with Crippen molar-refractivity contribution in [3.63, 3.8) is 0 Å². The van der Waals surface area contributed by atoms with Gasteiger partial charge in [-0.1, -0.05) is 0 Å². The molecule has 1 amide bonds. The molecular formula is C17H24N6O. The largest absolute Gasteiger partial charge is 0.310 e. The Morgan fingerprint density at radius 2 is 2.12 bits per heavy atom. The van der Waals surface area contributed by atoms with E-state index in [4.69, 9.17) is 0 Å². The lowest BCUT2D eigenvalue weighted by atomic mass is 10.0. The Morgan fingerprint density at radius 3 is 2.88 bits per heavy atom. The molecule has 0 saturated carbocycles. The third-order valence-corrected chi connectivity index (χ3v) is 4.43. The summed E-state index contributed by atoms with van der Waals surface area (Å²) in [4.78, 5) is 23.6. The molecule has 128 valence electrons. The quantitative estimate of drug-likeness (QED) is 0.928. The van der Waals surface area contributed by atoms with Crippen molar-refractivity contribution in [2.24, 2.45) is 0 Å². The lowest BCUT2D eigenvalue weighted by Gasteiger charge is -2.32. The van der Waals surface area contributed by atoms with Crippen LogP contribution in [0.1, 0.15) is 43.9 Å². The smallest absolute Gasteiger partial charge is 0.242 e. The van der Waals surface area contributed by atoms with Gasteiger partial charge in [-0.05, 0) is 39.7 Å². The molecule has 1 atom stereocenters. The van der Waals surface area contributed by atoms with E-state index in [1.807, 2.05) is 44.6 Å². The number of carbonyl (C=O) groups excluding carboxylic acids is 1. The average molecular weight is 328 g/mol. The van der Waals surface area contributed by atoms with Crippen LogP contribution in [0.3, 0.4) is 0 Å². The van der Waals surface area contributed by atoms with Crippen molar-refractivity contribution >= 4 is 11.7 Å². The zero-order valence-electron chi connectivity index (χ0n) is 14.7. The highest BCUT2D eigenvalue weighted by Gasteiger charge is 2.27. The zero-order chi connectivity index (χ0) is 17.3. The van der Waals surface area contributed by atoms with Crippen LogP contribution in [0.25, 0.3) is 0 Å². The predicted octanol–water partition coefficient (Wildman–Crippen LogP) is 1.95. The standard InChI is InChI=1S/C17H24N6O/c1-11(2)23-16(5-7-19-23)21-17(24)12(3)22-8-6-14-9-18-13(4)20-15(14)10-22/h5,7,9,11-12H,6,8,10H2,1-4H3,(H,21,24)/t12-/m1/s1. The number of nitrogens with zero attached hydrogens (tertiary/aromatic N) is 5. The van der Waals surface area contributed by atoms with Gasteiger partial charge in [-0.25, -0.2) is 14.6 Å². The maximum absolute atomic E-state index is 12.6. The lowest BCUT2D eigenvalue weighted by molar-refractivity contribution is -0.121. The third kappa shape index (κ3) is 3.31. The number of hydrogen-bond acceptors (Lipinski definition) is 5. The van der Waals surface area contributed by atoms with Crippen molar-refractivity contribution < 1.29 is 4.79 Å². The van der Waals surface area contributed by atoms with Crippen molar-refractivity contribution in [3.8, 4) is 0 Å². The Bertz CT molecular complexity index is 738. The predicted molar refractivity (Wildman–Crippen MR) is 91.6 cm³/mol. The zero-order valence-corrected chi connectivity index (χ0v) is 14.7. The van der Waals surface area contributed by atoms with Gasteiger partial charge in [-0.15, -0.1) is 0 Å². The topological polar surface area (TPSA) is 75.9 Å². The van der Waals surface area contributed by atoms with Crippen LogP contribution in [-0.4, -0.2) is 43.1 Å². The lowest BCUT2D eigenvalue weighted by Crippen LogP contribution is -2.45. The van der Waals surface area contributed by atoms with Gasteiger partial charge in [0.15, 0.2) is 0 Å². The molecule has 0 saturated heterocycles. The molecule has 1 N–H and O–H groups in total. The molecule has 3 heterocycles. The fraction of sp³-hybridized carbons (Fsp3) is 0.529. The van der Waals surface area contributed by atoms with Gasteiger partial charge in [0.1, 0.15) is 11.6 Å². The van der Waals surface area contributed by atoms with Gasteiger partial charge in [0.25, 0.3) is 0 Å². The minimum Gasteiger partial charge on any atom is -0.310 e. The van der Waals surface area contributed by atoms with Crippen LogP contribution >= 0.6 is 0 Å². The summed E-state index contributed by atoms with van der Waals surface area (Å²) in [5, 5.41) is 7.24. The molecule has 1 aliphatic rings. The highest BCUT2D eigenvalue weighted by molar-refractivity contribution is 5.93. The summed E-state index contributed by atoms with van der Waals surface area (Å²) in [5.41, 5.74) is 2.21. The Morgan fingerprint density at radius 1 is 1.33 bits per heavy atom. The molecule has 7 heteroatoms. The Hall–Kier alpha value is -2.28. The highest BCUT2D eigenvalue weighted by atomic mass is 16.2. The number of nitrogens with one attached hydrogen (secondary N) is 1. The fourth-order valence-corrected chi connectivity index (χ4v) is 2.97. The molecule has 0 spiro atoms. The number of carbonyl (C=O) groups is 1. The fourth-order valence-electron chi connectivity index (χ4n) is 2.97. The normalized spacial score (nSPS) is 16.0. The number of fused-ring (bicyclic) bond motifs is 1. The van der Waals surface area contributed by atoms with E-state index < -0.39 is 0 Å². The summed E-state index contributed by atoms with van der Waals surface area (Å²) in [6.07, 6.45) is 4.48. The van der Waals surface area contributed by atoms with Crippen molar-refractivity contribution in [2.75, 3.05) is 11.9 Å². The van der Waals surface area contributed by atoms with Crippen molar-refractivity contribution in [1.82, 2.24) is 24.6 Å². The molecule has 7 nitrogen and oxygen atoms in total. The number of amides is 1. The molecule has 3 rings (SSSR count). The minimum absolute atomic E-state index is 0.0216. The van der Waals surface area contributed by atoms with Crippen LogP contribution in [0.2, 0.25) is 0 Å². The molecule has 0 fully saturated rings. The third-order valence-electron chi connectivity index (χ3n) is 4.43. The second-order valence-electron chi connectivity index (χ2n) is 6.53. The Kier molecular flexibility index (Phi) is 4.62. The van der Waals surface area contributed by atoms with E-state index in [0.717, 1.165) is 30.3 Å². The first-order chi connectivity index (χ1) is 11.5. The summed E-state index contributed by atoms with van der Waals surface area (Å²) in [7, 11) is 0. The van der Waals surface area contributed by atoms with Gasteiger partial charge >= 0.3 is 0 Å². The van der Waals surface area contributed by atoms with Crippen LogP contribution in [0.5, 0.6) is 0 Å². The summed E-state index contributed by atoms with van der Waals surface area (Å²) in [5.74, 6) is 1.48. The van der Waals surface area contributed by atoms with Gasteiger partial charge < -0.3 is 5.32 Å². The van der Waals surface area contributed by atoms with Gasteiger partial charge in [0.05, 0.1) is 17.9 Å². The summed E-state index contributed by atoms with van der Waals surface area (Å²) < 4.78 is 1.81. The van der Waals surface area contributed by atoms with Crippen molar-refractivity contribution in [1.29, 1.82) is 0 Å².